The van der Waals surface area contributed by atoms with Crippen LogP contribution in [0, 0.1) is 6.92 Å². The quantitative estimate of drug-likeness (QED) is 0.0388. The molecule has 0 spiro atoms. The lowest BCUT2D eigenvalue weighted by Crippen LogP contribution is -2.70. The Labute approximate surface area is 627 Å². The molecule has 3 aliphatic heterocycles. The number of thioether (sulfide) groups is 1. The van der Waals surface area contributed by atoms with Crippen molar-refractivity contribution in [2.24, 2.45) is 0 Å². The highest BCUT2D eigenvalue weighted by atomic mass is 32.2. The number of hydrogen-bond donors (Lipinski definition) is 1. The van der Waals surface area contributed by atoms with E-state index in [1.807, 2.05) is 158 Å². The van der Waals surface area contributed by atoms with Gasteiger partial charge in [0.05, 0.1) is 59.5 Å². The van der Waals surface area contributed by atoms with Crippen molar-refractivity contribution in [2.45, 2.75) is 259 Å². The zero-order chi connectivity index (χ0) is 74.3. The maximum absolute atomic E-state index is 13.8. The average molecular weight is 1490 g/mol. The first-order valence-electron chi connectivity index (χ1n) is 37.1. The van der Waals surface area contributed by atoms with Crippen molar-refractivity contribution in [2.75, 3.05) is 19.8 Å². The molecule has 7 aromatic carbocycles. The number of aryl methyl sites for hydroxylation is 1. The van der Waals surface area contributed by atoms with E-state index in [0.717, 1.165) is 43.8 Å². The second-order valence-electron chi connectivity index (χ2n) is 32.6. The second kappa shape index (κ2) is 36.9. The summed E-state index contributed by atoms with van der Waals surface area (Å²) in [5, 5.41) is 12.8. The van der Waals surface area contributed by atoms with Crippen LogP contribution < -0.4 is 0 Å². The fraction of sp³-hybridized carbons (Fsp3) is 0.506. The van der Waals surface area contributed by atoms with Crippen LogP contribution in [-0.4, -0.2) is 141 Å². The number of aliphatic hydroxyl groups is 1. The summed E-state index contributed by atoms with van der Waals surface area (Å²) in [7, 11) is -8.56. The summed E-state index contributed by atoms with van der Waals surface area (Å²) in [4.78, 5) is 0.946. The first-order valence-corrected chi connectivity index (χ1v) is 46.7. The van der Waals surface area contributed by atoms with E-state index < -0.39 is 116 Å². The first kappa shape index (κ1) is 81.5. The zero-order valence-corrected chi connectivity index (χ0v) is 68.0. The van der Waals surface area contributed by atoms with Crippen molar-refractivity contribution in [3.05, 3.63) is 245 Å². The van der Waals surface area contributed by atoms with Gasteiger partial charge in [-0.25, -0.2) is 0 Å². The van der Waals surface area contributed by atoms with E-state index >= 15 is 0 Å². The van der Waals surface area contributed by atoms with Gasteiger partial charge in [-0.15, -0.1) is 0 Å². The Morgan fingerprint density at radius 2 is 0.625 bits per heavy atom. The van der Waals surface area contributed by atoms with E-state index in [4.69, 9.17) is 65.4 Å². The summed E-state index contributed by atoms with van der Waals surface area (Å²) in [6.07, 6.45) is -14.2. The Kier molecular flexibility index (Phi) is 28.9. The highest BCUT2D eigenvalue weighted by molar-refractivity contribution is 7.99. The predicted octanol–water partition coefficient (Wildman–Crippen LogP) is 18.0. The molecular formula is C85H116O15SSi3. The SMILES string of the molecule is Cc1ccc(S[C@H]2O[C@H](COCc3ccccc3)[C@@H](OCc3ccccc3)[C@H](O[Si](C)(C)C(C)(C)C)[C@@H]2O[C@H]2O[C@H](COCc3ccccc3)[C@@H](OCc3ccccc3)[C@H](O[Si](C)(C)C(C)(C)C)[C@@H]2O[C@H]2O[C@H](COCc3ccccc3)[C@@H](OCc3ccccc3)[C@H](O[Si](C)(C)C(C)(C)C)[C@@H]2O)cc1. The number of rotatable bonds is 33. The molecule has 3 fully saturated rings. The van der Waals surface area contributed by atoms with E-state index in [2.05, 4.69) is 157 Å². The van der Waals surface area contributed by atoms with Gasteiger partial charge in [-0.05, 0) is 107 Å². The Hall–Kier alpha value is -5.06. The molecule has 0 aliphatic carbocycles. The standard InChI is InChI=1S/C85H116O15SSi3/c1-60-47-49-67(50-48-60)101-82-79(77(100-104(15,16)85(8,9)10)74(92-56-66-45-33-22-34-46-66)70(95-82)59-89-53-63-39-27-19-28-40-63)97-81-78(76(99-103(13,14)84(5,6)7)73(91-55-65-43-31-21-32-44-65)69(94-81)58-88-52-62-37-25-18-26-38-62)96-80-71(86)75(98-102(11,12)83(2,3)4)72(90-54-64-41-29-20-30-42-64)68(93-80)57-87-51-61-35-23-17-24-36-61/h17-50,68-82,86H,51-59H2,1-16H3/t68-,69-,70-,71+,72-,73-,74-,75-,76+,77+,78+,79+,80-,81-,82-/m1/s1. The molecule has 19 heteroatoms. The van der Waals surface area contributed by atoms with Crippen molar-refractivity contribution >= 4 is 36.7 Å². The van der Waals surface area contributed by atoms with Gasteiger partial charge >= 0.3 is 0 Å². The van der Waals surface area contributed by atoms with Crippen molar-refractivity contribution in [3.8, 4) is 0 Å². The molecular weight excluding hydrogens is 1380 g/mol. The number of benzene rings is 7. The van der Waals surface area contributed by atoms with E-state index in [1.165, 1.54) is 0 Å². The maximum atomic E-state index is 13.8. The lowest BCUT2D eigenvalue weighted by molar-refractivity contribution is -0.383. The summed E-state index contributed by atoms with van der Waals surface area (Å²) >= 11 is 1.55. The van der Waals surface area contributed by atoms with Crippen molar-refractivity contribution in [3.63, 3.8) is 0 Å². The van der Waals surface area contributed by atoms with Gasteiger partial charge in [0.2, 0.25) is 0 Å². The minimum atomic E-state index is -2.94. The Morgan fingerprint density at radius 1 is 0.337 bits per heavy atom. The van der Waals surface area contributed by atoms with Gasteiger partial charge in [0.25, 0.3) is 0 Å². The lowest BCUT2D eigenvalue weighted by Gasteiger charge is -2.54. The van der Waals surface area contributed by atoms with Crippen molar-refractivity contribution in [1.29, 1.82) is 0 Å². The smallest absolute Gasteiger partial charge is 0.192 e. The fourth-order valence-corrected chi connectivity index (χ4v) is 17.2. The molecule has 10 rings (SSSR count). The summed E-state index contributed by atoms with van der Waals surface area (Å²) in [6.45, 7) is 37.3. The monoisotopic (exact) mass is 1490 g/mol. The minimum absolute atomic E-state index is 0.0529. The molecule has 15 atom stereocenters. The van der Waals surface area contributed by atoms with Crippen LogP contribution in [0.4, 0.5) is 0 Å². The molecule has 7 aromatic rings. The van der Waals surface area contributed by atoms with Crippen molar-refractivity contribution < 1.29 is 70.5 Å². The highest BCUT2D eigenvalue weighted by Crippen LogP contribution is 2.48. The van der Waals surface area contributed by atoms with Crippen LogP contribution in [0.25, 0.3) is 0 Å². The molecule has 0 aromatic heterocycles. The molecule has 3 saturated heterocycles. The van der Waals surface area contributed by atoms with Gasteiger partial charge in [-0.1, -0.05) is 274 Å². The van der Waals surface area contributed by atoms with Gasteiger partial charge in [-0.3, -0.25) is 0 Å². The average Bonchev–Trinajstić information content (AvgIpc) is 0.742. The van der Waals surface area contributed by atoms with Crippen LogP contribution in [0.5, 0.6) is 0 Å². The first-order chi connectivity index (χ1) is 49.5. The molecule has 3 aliphatic rings. The molecule has 0 radical (unpaired) electrons. The third kappa shape index (κ3) is 22.3. The molecule has 0 bridgehead atoms. The van der Waals surface area contributed by atoms with Crippen LogP contribution in [0.15, 0.2) is 211 Å². The Balaban J connectivity index is 1.16. The number of aliphatic hydroxyl groups excluding tert-OH is 1. The fourth-order valence-electron chi connectivity index (χ4n) is 12.2. The van der Waals surface area contributed by atoms with E-state index in [9.17, 15) is 5.11 Å². The summed E-state index contributed by atoms with van der Waals surface area (Å²) < 4.78 is 104. The molecule has 0 unspecified atom stereocenters. The Morgan fingerprint density at radius 3 is 0.971 bits per heavy atom. The second-order valence-corrected chi connectivity index (χ2v) is 48.0. The molecule has 3 heterocycles. The lowest BCUT2D eigenvalue weighted by atomic mass is 9.96. The highest BCUT2D eigenvalue weighted by Gasteiger charge is 2.60. The summed E-state index contributed by atoms with van der Waals surface area (Å²) in [5.74, 6) is 0. The predicted molar refractivity (Wildman–Crippen MR) is 418 cm³/mol. The third-order valence-corrected chi connectivity index (χ3v) is 36.0. The molecule has 104 heavy (non-hydrogen) atoms. The third-order valence-electron chi connectivity index (χ3n) is 21.4. The molecule has 15 nitrogen and oxygen atoms in total. The van der Waals surface area contributed by atoms with Gasteiger partial charge in [0.1, 0.15) is 78.7 Å². The van der Waals surface area contributed by atoms with E-state index in [-0.39, 0.29) is 68.0 Å². The van der Waals surface area contributed by atoms with Crippen LogP contribution in [0.1, 0.15) is 101 Å². The molecule has 564 valence electrons. The summed E-state index contributed by atoms with van der Waals surface area (Å²) in [6, 6.07) is 69.1. The van der Waals surface area contributed by atoms with Crippen LogP contribution in [-0.2, 0) is 105 Å². The Bertz CT molecular complexity index is 3620. The van der Waals surface area contributed by atoms with Gasteiger partial charge in [0.15, 0.2) is 37.5 Å². The minimum Gasteiger partial charge on any atom is -0.408 e. The molecule has 0 saturated carbocycles. The van der Waals surface area contributed by atoms with E-state index in [0.29, 0.717) is 6.61 Å². The maximum Gasteiger partial charge on any atom is 0.192 e. The van der Waals surface area contributed by atoms with Gasteiger partial charge in [0, 0.05) is 4.90 Å². The van der Waals surface area contributed by atoms with Crippen LogP contribution in [0.3, 0.4) is 0 Å². The normalized spacial score (nSPS) is 26.0. The van der Waals surface area contributed by atoms with Crippen molar-refractivity contribution in [1.82, 2.24) is 0 Å². The van der Waals surface area contributed by atoms with Crippen LogP contribution in [0.2, 0.25) is 54.4 Å². The number of ether oxygens (including phenoxy) is 11. The topological polar surface area (TPSA) is 149 Å². The zero-order valence-electron chi connectivity index (χ0n) is 64.2. The van der Waals surface area contributed by atoms with Gasteiger partial charge < -0.3 is 70.5 Å². The molecule has 1 N–H and O–H groups in total. The van der Waals surface area contributed by atoms with Gasteiger partial charge in [-0.2, -0.15) is 0 Å². The molecule has 0 amide bonds. The number of hydrogen-bond acceptors (Lipinski definition) is 16. The largest absolute Gasteiger partial charge is 0.408 e. The summed E-state index contributed by atoms with van der Waals surface area (Å²) in [5.41, 5.74) is 6.19. The van der Waals surface area contributed by atoms with Crippen LogP contribution >= 0.6 is 11.8 Å². The van der Waals surface area contributed by atoms with E-state index in [1.54, 1.807) is 11.8 Å².